The zero-order valence-electron chi connectivity index (χ0n) is 4.18. The minimum atomic E-state index is -4.49. The summed E-state index contributed by atoms with van der Waals surface area (Å²) in [5.41, 5.74) is 0. The number of hydrogen-bond acceptors (Lipinski definition) is 4. The lowest BCUT2D eigenvalue weighted by Gasteiger charge is -1.90. The number of rotatable bonds is 2. The number of nitrogens with two attached hydrogens (primary N) is 1. The molecule has 0 aliphatic rings. The Morgan fingerprint density at radius 1 is 1.22 bits per heavy atom. The summed E-state index contributed by atoms with van der Waals surface area (Å²) in [6, 6.07) is 0. The Morgan fingerprint density at radius 3 is 1.56 bits per heavy atom. The molecule has 0 fully saturated rings. The van der Waals surface area contributed by atoms with Crippen LogP contribution in [-0.2, 0) is 20.1 Å². The monoisotopic (exact) mass is 175 g/mol. The molecule has 0 amide bonds. The van der Waals surface area contributed by atoms with E-state index in [1.807, 2.05) is 0 Å². The van der Waals surface area contributed by atoms with Gasteiger partial charge in [-0.05, 0) is 0 Å². The molecule has 0 spiro atoms. The fourth-order valence-electron chi connectivity index (χ4n) is 0.208. The highest BCUT2D eigenvalue weighted by molar-refractivity contribution is 8.04. The van der Waals surface area contributed by atoms with Gasteiger partial charge in [-0.1, -0.05) is 0 Å². The summed E-state index contributed by atoms with van der Waals surface area (Å²) in [6.07, 6.45) is 0. The van der Waals surface area contributed by atoms with Crippen LogP contribution in [0.15, 0.2) is 0 Å². The number of primary sulfonamides is 1. The molecule has 0 radical (unpaired) electrons. The fourth-order valence-corrected chi connectivity index (χ4v) is 1.87. The maximum Gasteiger partial charge on any atom is 0.280 e. The van der Waals surface area contributed by atoms with Gasteiger partial charge in [-0.15, -0.1) is 0 Å². The van der Waals surface area contributed by atoms with Gasteiger partial charge < -0.3 is 0 Å². The normalized spacial score (nSPS) is 13.6. The first-order valence-corrected chi connectivity index (χ1v) is 4.99. The average Bonchev–Trinajstić information content (AvgIpc) is 1.14. The third-order valence-electron chi connectivity index (χ3n) is 0.313. The smallest absolute Gasteiger partial charge is 0.280 e. The van der Waals surface area contributed by atoms with Crippen LogP contribution in [0.5, 0.6) is 0 Å². The summed E-state index contributed by atoms with van der Waals surface area (Å²) < 4.78 is 47.1. The summed E-state index contributed by atoms with van der Waals surface area (Å²) in [6.45, 7) is 0. The van der Waals surface area contributed by atoms with Crippen molar-refractivity contribution in [3.63, 3.8) is 0 Å². The Hall–Kier alpha value is -0.180. The van der Waals surface area contributed by atoms with Gasteiger partial charge in [0.05, 0.1) is 0 Å². The van der Waals surface area contributed by atoms with Gasteiger partial charge in [0.15, 0.2) is 5.08 Å². The molecule has 56 valence electrons. The molecule has 0 saturated carbocycles. The lowest BCUT2D eigenvalue weighted by molar-refractivity contribution is 0.487. The average molecular weight is 175 g/mol. The highest BCUT2D eigenvalue weighted by atomic mass is 32.3. The topological polar surface area (TPSA) is 115 Å². The molecular formula is CH5NO5S2. The first kappa shape index (κ1) is 8.82. The lowest BCUT2D eigenvalue weighted by Crippen LogP contribution is -2.22. The quantitative estimate of drug-likeness (QED) is 0.476. The predicted molar refractivity (Wildman–Crippen MR) is 29.5 cm³/mol. The molecule has 3 N–H and O–H groups in total. The van der Waals surface area contributed by atoms with Crippen LogP contribution < -0.4 is 5.14 Å². The van der Waals surface area contributed by atoms with E-state index < -0.39 is 25.2 Å². The molecule has 0 rings (SSSR count). The molecule has 0 aromatic heterocycles. The Balaban J connectivity index is 4.46. The van der Waals surface area contributed by atoms with E-state index in [1.54, 1.807) is 0 Å². The summed E-state index contributed by atoms with van der Waals surface area (Å²) in [5.74, 6) is 0. The zero-order chi connectivity index (χ0) is 7.71. The first-order chi connectivity index (χ1) is 3.71. The van der Waals surface area contributed by atoms with Crippen molar-refractivity contribution in [3.8, 4) is 0 Å². The second-order valence-corrected chi connectivity index (χ2v) is 4.79. The van der Waals surface area contributed by atoms with Crippen LogP contribution in [0.3, 0.4) is 0 Å². The minimum Gasteiger partial charge on any atom is -0.285 e. The standard InChI is InChI=1S/CH5NO5S2/c2-8(3,4)1-9(5,6)7/h1H2,(H2,2,3,4)(H,5,6,7). The second kappa shape index (κ2) is 2.21. The summed E-state index contributed by atoms with van der Waals surface area (Å²) in [7, 11) is -8.61. The minimum absolute atomic E-state index is 1.43. The molecule has 0 aliphatic heterocycles. The van der Waals surface area contributed by atoms with Gasteiger partial charge in [0.25, 0.3) is 10.1 Å². The van der Waals surface area contributed by atoms with Crippen LogP contribution in [0.25, 0.3) is 0 Å². The highest BCUT2D eigenvalue weighted by Gasteiger charge is 2.13. The summed E-state index contributed by atoms with van der Waals surface area (Å²) in [5, 5.41) is 2.82. The molecule has 0 atom stereocenters. The molecule has 0 aliphatic carbocycles. The summed E-state index contributed by atoms with van der Waals surface area (Å²) >= 11 is 0. The Kier molecular flexibility index (Phi) is 2.17. The van der Waals surface area contributed by atoms with E-state index >= 15 is 0 Å². The van der Waals surface area contributed by atoms with Crippen LogP contribution >= 0.6 is 0 Å². The SMILES string of the molecule is NS(=O)(=O)CS(=O)(=O)O. The van der Waals surface area contributed by atoms with E-state index in [0.717, 1.165) is 0 Å². The fraction of sp³-hybridized carbons (Fsp3) is 1.00. The predicted octanol–water partition coefficient (Wildman–Crippen LogP) is -1.88. The van der Waals surface area contributed by atoms with Crippen LogP contribution in [0.2, 0.25) is 0 Å². The van der Waals surface area contributed by atoms with Crippen molar-refractivity contribution < 1.29 is 21.4 Å². The molecule has 9 heavy (non-hydrogen) atoms. The van der Waals surface area contributed by atoms with E-state index in [2.05, 4.69) is 5.14 Å². The number of sulfonamides is 1. The van der Waals surface area contributed by atoms with Gasteiger partial charge in [-0.25, -0.2) is 13.6 Å². The maximum atomic E-state index is 9.89. The van der Waals surface area contributed by atoms with Gasteiger partial charge in [0.2, 0.25) is 10.0 Å². The number of hydrogen-bond donors (Lipinski definition) is 2. The van der Waals surface area contributed by atoms with Crippen molar-refractivity contribution in [2.75, 3.05) is 5.08 Å². The molecule has 0 bridgehead atoms. The van der Waals surface area contributed by atoms with Crippen LogP contribution in [0, 0.1) is 0 Å². The van der Waals surface area contributed by atoms with Gasteiger partial charge in [-0.3, -0.25) is 4.55 Å². The Labute approximate surface area is 52.5 Å². The van der Waals surface area contributed by atoms with Crippen LogP contribution in [0.4, 0.5) is 0 Å². The van der Waals surface area contributed by atoms with E-state index in [1.165, 1.54) is 0 Å². The van der Waals surface area contributed by atoms with Crippen molar-refractivity contribution >= 4 is 20.1 Å². The van der Waals surface area contributed by atoms with Crippen molar-refractivity contribution in [3.05, 3.63) is 0 Å². The zero-order valence-corrected chi connectivity index (χ0v) is 5.81. The van der Waals surface area contributed by atoms with Gasteiger partial charge in [-0.2, -0.15) is 8.42 Å². The third-order valence-corrected chi connectivity index (χ3v) is 2.82. The lowest BCUT2D eigenvalue weighted by atomic mass is 11.9. The maximum absolute atomic E-state index is 9.89. The third kappa shape index (κ3) is 7.82. The molecule has 0 unspecified atom stereocenters. The van der Waals surface area contributed by atoms with Gasteiger partial charge in [0.1, 0.15) is 0 Å². The van der Waals surface area contributed by atoms with E-state index in [4.69, 9.17) is 4.55 Å². The molecule has 8 heteroatoms. The van der Waals surface area contributed by atoms with Crippen molar-refractivity contribution in [2.24, 2.45) is 5.14 Å². The van der Waals surface area contributed by atoms with Crippen LogP contribution in [0.1, 0.15) is 0 Å². The molecule has 0 heterocycles. The molecule has 0 aromatic rings. The van der Waals surface area contributed by atoms with Gasteiger partial charge in [0, 0.05) is 0 Å². The molecular weight excluding hydrogens is 170 g/mol. The van der Waals surface area contributed by atoms with Crippen molar-refractivity contribution in [1.82, 2.24) is 0 Å². The van der Waals surface area contributed by atoms with Crippen molar-refractivity contribution in [1.29, 1.82) is 0 Å². The first-order valence-electron chi connectivity index (χ1n) is 1.66. The highest BCUT2D eigenvalue weighted by Crippen LogP contribution is 1.85. The van der Waals surface area contributed by atoms with Gasteiger partial charge >= 0.3 is 0 Å². The largest absolute Gasteiger partial charge is 0.285 e. The van der Waals surface area contributed by atoms with Crippen molar-refractivity contribution in [2.45, 2.75) is 0 Å². The molecule has 6 nitrogen and oxygen atoms in total. The van der Waals surface area contributed by atoms with E-state index in [-0.39, 0.29) is 0 Å². The van der Waals surface area contributed by atoms with E-state index in [0.29, 0.717) is 0 Å². The summed E-state index contributed by atoms with van der Waals surface area (Å²) in [4.78, 5) is 0. The van der Waals surface area contributed by atoms with E-state index in [9.17, 15) is 16.8 Å². The second-order valence-electron chi connectivity index (χ2n) is 1.36. The Morgan fingerprint density at radius 2 is 1.56 bits per heavy atom. The van der Waals surface area contributed by atoms with Crippen LogP contribution in [-0.4, -0.2) is 26.5 Å². The molecule has 0 saturated heterocycles. The molecule has 0 aromatic carbocycles. The Bertz CT molecular complexity index is 240.